The number of anilines is 1. The predicted octanol–water partition coefficient (Wildman–Crippen LogP) is 2.06. The molecule has 2 amide bonds. The van der Waals surface area contributed by atoms with Crippen molar-refractivity contribution in [1.29, 1.82) is 0 Å². The highest BCUT2D eigenvalue weighted by molar-refractivity contribution is 5.98. The lowest BCUT2D eigenvalue weighted by Crippen LogP contribution is -2.42. The first kappa shape index (κ1) is 17.8. The van der Waals surface area contributed by atoms with Crippen molar-refractivity contribution >= 4 is 29.9 Å². The molecule has 0 spiro atoms. The fraction of sp³-hybridized carbons (Fsp3) is 0.529. The highest BCUT2D eigenvalue weighted by Gasteiger charge is 2.25. The van der Waals surface area contributed by atoms with Crippen LogP contribution in [0.25, 0.3) is 0 Å². The summed E-state index contributed by atoms with van der Waals surface area (Å²) in [6.07, 6.45) is 3.46. The van der Waals surface area contributed by atoms with E-state index in [1.807, 2.05) is 30.1 Å². The molecule has 3 rings (SSSR count). The van der Waals surface area contributed by atoms with Crippen molar-refractivity contribution < 1.29 is 9.59 Å². The van der Waals surface area contributed by atoms with E-state index in [0.717, 1.165) is 42.9 Å². The molecule has 1 atom stereocenters. The molecular formula is C17H24ClN3O2. The van der Waals surface area contributed by atoms with Gasteiger partial charge in [0.15, 0.2) is 0 Å². The fourth-order valence-electron chi connectivity index (χ4n) is 3.40. The third kappa shape index (κ3) is 4.03. The minimum Gasteiger partial charge on any atom is -0.338 e. The maximum Gasteiger partial charge on any atom is 0.253 e. The molecule has 0 aromatic heterocycles. The van der Waals surface area contributed by atoms with Gasteiger partial charge in [0.25, 0.3) is 5.91 Å². The van der Waals surface area contributed by atoms with Crippen LogP contribution in [-0.2, 0) is 11.2 Å². The second-order valence-corrected chi connectivity index (χ2v) is 6.24. The standard InChI is InChI=1S/C17H23N3O2.ClH/c1-18-10-12-3-2-8-20(11-12)17(22)14-4-6-15-13(9-14)5-7-16(21)19-15;/h4,6,9,12,18H,2-3,5,7-8,10-11H2,1H3,(H,19,21);1H. The van der Waals surface area contributed by atoms with Crippen molar-refractivity contribution in [2.24, 2.45) is 5.92 Å². The zero-order valence-electron chi connectivity index (χ0n) is 13.4. The molecule has 6 heteroatoms. The number of fused-ring (bicyclic) bond motifs is 1. The number of piperidine rings is 1. The second-order valence-electron chi connectivity index (χ2n) is 6.24. The van der Waals surface area contributed by atoms with E-state index in [9.17, 15) is 9.59 Å². The number of rotatable bonds is 3. The van der Waals surface area contributed by atoms with Gasteiger partial charge in [0.1, 0.15) is 0 Å². The molecule has 2 N–H and O–H groups in total. The lowest BCUT2D eigenvalue weighted by Gasteiger charge is -2.33. The zero-order chi connectivity index (χ0) is 15.5. The van der Waals surface area contributed by atoms with Gasteiger partial charge < -0.3 is 15.5 Å². The first-order chi connectivity index (χ1) is 10.7. The average molecular weight is 338 g/mol. The van der Waals surface area contributed by atoms with Crippen LogP contribution in [0.4, 0.5) is 5.69 Å². The number of benzene rings is 1. The van der Waals surface area contributed by atoms with Crippen LogP contribution in [0.5, 0.6) is 0 Å². The van der Waals surface area contributed by atoms with E-state index in [2.05, 4.69) is 10.6 Å². The zero-order valence-corrected chi connectivity index (χ0v) is 14.2. The summed E-state index contributed by atoms with van der Waals surface area (Å²) < 4.78 is 0. The number of carbonyl (C=O) groups is 2. The second kappa shape index (κ2) is 7.79. The molecule has 0 radical (unpaired) electrons. The van der Waals surface area contributed by atoms with E-state index in [-0.39, 0.29) is 24.2 Å². The molecular weight excluding hydrogens is 314 g/mol. The van der Waals surface area contributed by atoms with E-state index >= 15 is 0 Å². The van der Waals surface area contributed by atoms with E-state index < -0.39 is 0 Å². The van der Waals surface area contributed by atoms with Crippen molar-refractivity contribution in [3.63, 3.8) is 0 Å². The van der Waals surface area contributed by atoms with Gasteiger partial charge in [-0.25, -0.2) is 0 Å². The van der Waals surface area contributed by atoms with Crippen LogP contribution >= 0.6 is 12.4 Å². The fourth-order valence-corrected chi connectivity index (χ4v) is 3.40. The molecule has 1 fully saturated rings. The third-order valence-electron chi connectivity index (χ3n) is 4.55. The summed E-state index contributed by atoms with van der Waals surface area (Å²) >= 11 is 0. The van der Waals surface area contributed by atoms with E-state index in [1.54, 1.807) is 0 Å². The van der Waals surface area contributed by atoms with Gasteiger partial charge in [0, 0.05) is 30.8 Å². The van der Waals surface area contributed by atoms with Gasteiger partial charge in [-0.05, 0) is 62.5 Å². The van der Waals surface area contributed by atoms with Gasteiger partial charge in [0.2, 0.25) is 5.91 Å². The summed E-state index contributed by atoms with van der Waals surface area (Å²) in [7, 11) is 1.96. The number of likely N-dealkylation sites (tertiary alicyclic amines) is 1. The van der Waals surface area contributed by atoms with Crippen molar-refractivity contribution in [3.05, 3.63) is 29.3 Å². The van der Waals surface area contributed by atoms with Gasteiger partial charge in [-0.3, -0.25) is 9.59 Å². The quantitative estimate of drug-likeness (QED) is 0.887. The molecule has 0 saturated carbocycles. The predicted molar refractivity (Wildman–Crippen MR) is 93.2 cm³/mol. The number of hydrogen-bond donors (Lipinski definition) is 2. The Labute approximate surface area is 143 Å². The van der Waals surface area contributed by atoms with Gasteiger partial charge in [-0.2, -0.15) is 0 Å². The highest BCUT2D eigenvalue weighted by atomic mass is 35.5. The number of hydrogen-bond acceptors (Lipinski definition) is 3. The molecule has 1 aromatic rings. The Morgan fingerprint density at radius 2 is 2.22 bits per heavy atom. The smallest absolute Gasteiger partial charge is 0.253 e. The molecule has 0 aliphatic carbocycles. The van der Waals surface area contributed by atoms with Crippen LogP contribution in [0.1, 0.15) is 35.2 Å². The Morgan fingerprint density at radius 3 is 3.00 bits per heavy atom. The molecule has 2 aliphatic heterocycles. The summed E-state index contributed by atoms with van der Waals surface area (Å²) in [5.74, 6) is 0.706. The number of nitrogens with zero attached hydrogens (tertiary/aromatic N) is 1. The first-order valence-corrected chi connectivity index (χ1v) is 8.04. The van der Waals surface area contributed by atoms with Crippen molar-refractivity contribution in [1.82, 2.24) is 10.2 Å². The van der Waals surface area contributed by atoms with Gasteiger partial charge in [-0.15, -0.1) is 12.4 Å². The molecule has 23 heavy (non-hydrogen) atoms. The van der Waals surface area contributed by atoms with E-state index in [4.69, 9.17) is 0 Å². The minimum absolute atomic E-state index is 0. The molecule has 5 nitrogen and oxygen atoms in total. The Kier molecular flexibility index (Phi) is 6.02. The molecule has 1 unspecified atom stereocenters. The molecule has 0 bridgehead atoms. The van der Waals surface area contributed by atoms with Crippen molar-refractivity contribution in [3.8, 4) is 0 Å². The highest BCUT2D eigenvalue weighted by Crippen LogP contribution is 2.25. The average Bonchev–Trinajstić information content (AvgIpc) is 2.54. The maximum absolute atomic E-state index is 12.7. The number of amides is 2. The summed E-state index contributed by atoms with van der Waals surface area (Å²) in [6, 6.07) is 5.63. The van der Waals surface area contributed by atoms with Crippen LogP contribution < -0.4 is 10.6 Å². The summed E-state index contributed by atoms with van der Waals surface area (Å²) in [6.45, 7) is 2.63. The number of nitrogens with one attached hydrogen (secondary N) is 2. The molecule has 1 saturated heterocycles. The largest absolute Gasteiger partial charge is 0.338 e. The van der Waals surface area contributed by atoms with Crippen LogP contribution in [0.2, 0.25) is 0 Å². The first-order valence-electron chi connectivity index (χ1n) is 8.04. The summed E-state index contributed by atoms with van der Waals surface area (Å²) in [4.78, 5) is 26.1. The monoisotopic (exact) mass is 337 g/mol. The SMILES string of the molecule is CNCC1CCCN(C(=O)c2ccc3c(c2)CCC(=O)N3)C1.Cl. The lowest BCUT2D eigenvalue weighted by molar-refractivity contribution is -0.116. The molecule has 1 aromatic carbocycles. The van der Waals surface area contributed by atoms with Crippen LogP contribution in [0, 0.1) is 5.92 Å². The summed E-state index contributed by atoms with van der Waals surface area (Å²) in [5, 5.41) is 6.06. The van der Waals surface area contributed by atoms with E-state index in [0.29, 0.717) is 18.8 Å². The topological polar surface area (TPSA) is 61.4 Å². The van der Waals surface area contributed by atoms with Crippen LogP contribution in [-0.4, -0.2) is 43.4 Å². The normalized spacial score (nSPS) is 20.3. The number of aryl methyl sites for hydroxylation is 1. The summed E-state index contributed by atoms with van der Waals surface area (Å²) in [5.41, 5.74) is 2.65. The maximum atomic E-state index is 12.7. The van der Waals surface area contributed by atoms with Crippen molar-refractivity contribution in [2.45, 2.75) is 25.7 Å². The Hall–Kier alpha value is -1.59. The lowest BCUT2D eigenvalue weighted by atomic mass is 9.96. The molecule has 2 heterocycles. The van der Waals surface area contributed by atoms with Gasteiger partial charge >= 0.3 is 0 Å². The van der Waals surface area contributed by atoms with Gasteiger partial charge in [-0.1, -0.05) is 0 Å². The Bertz CT molecular complexity index is 589. The minimum atomic E-state index is 0. The Morgan fingerprint density at radius 1 is 1.39 bits per heavy atom. The molecule has 2 aliphatic rings. The van der Waals surface area contributed by atoms with E-state index in [1.165, 1.54) is 6.42 Å². The number of halogens is 1. The third-order valence-corrected chi connectivity index (χ3v) is 4.55. The number of carbonyl (C=O) groups excluding carboxylic acids is 2. The molecule has 126 valence electrons. The Balaban J connectivity index is 0.00000192. The van der Waals surface area contributed by atoms with Crippen LogP contribution in [0.15, 0.2) is 18.2 Å². The van der Waals surface area contributed by atoms with Gasteiger partial charge in [0.05, 0.1) is 0 Å². The van der Waals surface area contributed by atoms with Crippen LogP contribution in [0.3, 0.4) is 0 Å². The van der Waals surface area contributed by atoms with Crippen molar-refractivity contribution in [2.75, 3.05) is 32.0 Å².